The Kier molecular flexibility index (Phi) is 3.75. The van der Waals surface area contributed by atoms with Gasteiger partial charge in [0.05, 0.1) is 0 Å². The van der Waals surface area contributed by atoms with Gasteiger partial charge in [0, 0.05) is 19.0 Å². The fraction of sp³-hybridized carbons (Fsp3) is 0.600. The number of urea groups is 1. The second kappa shape index (κ2) is 5.48. The highest BCUT2D eigenvalue weighted by Gasteiger charge is 2.33. The number of rotatable bonds is 6. The van der Waals surface area contributed by atoms with Gasteiger partial charge in [0.1, 0.15) is 18.7 Å². The summed E-state index contributed by atoms with van der Waals surface area (Å²) >= 11 is 0. The molecule has 18 heavy (non-hydrogen) atoms. The molecule has 0 spiro atoms. The van der Waals surface area contributed by atoms with Crippen LogP contribution in [0.2, 0.25) is 0 Å². The van der Waals surface area contributed by atoms with Crippen molar-refractivity contribution < 1.29 is 14.7 Å². The monoisotopic (exact) mass is 253 g/mol. The lowest BCUT2D eigenvalue weighted by molar-refractivity contribution is -0.137. The van der Waals surface area contributed by atoms with Crippen molar-refractivity contribution in [3.63, 3.8) is 0 Å². The average molecular weight is 253 g/mol. The first-order valence-electron chi connectivity index (χ1n) is 5.77. The van der Waals surface area contributed by atoms with E-state index in [1.54, 1.807) is 0 Å². The summed E-state index contributed by atoms with van der Waals surface area (Å²) in [5.41, 5.74) is 0. The summed E-state index contributed by atoms with van der Waals surface area (Å²) < 4.78 is 0. The molecule has 0 atom stereocenters. The number of carbonyl (C=O) groups excluding carboxylic acids is 1. The minimum absolute atomic E-state index is 0.0754. The van der Waals surface area contributed by atoms with E-state index < -0.39 is 5.97 Å². The second-order valence-electron chi connectivity index (χ2n) is 4.17. The smallest absolute Gasteiger partial charge is 0.323 e. The van der Waals surface area contributed by atoms with Gasteiger partial charge in [0.25, 0.3) is 0 Å². The first kappa shape index (κ1) is 12.3. The molecule has 2 rings (SSSR count). The van der Waals surface area contributed by atoms with Crippen molar-refractivity contribution in [3.8, 4) is 0 Å². The molecule has 2 amide bonds. The lowest BCUT2D eigenvalue weighted by Crippen LogP contribution is -2.44. The number of hydrogen-bond acceptors (Lipinski definition) is 4. The third kappa shape index (κ3) is 3.44. The average Bonchev–Trinajstić information content (AvgIpc) is 3.03. The van der Waals surface area contributed by atoms with Crippen LogP contribution in [0, 0.1) is 0 Å². The molecule has 8 heteroatoms. The highest BCUT2D eigenvalue weighted by atomic mass is 16.4. The van der Waals surface area contributed by atoms with Gasteiger partial charge in [0.15, 0.2) is 0 Å². The third-order valence-corrected chi connectivity index (χ3v) is 2.66. The summed E-state index contributed by atoms with van der Waals surface area (Å²) in [5, 5.41) is 17.8. The van der Waals surface area contributed by atoms with Gasteiger partial charge in [-0.25, -0.2) is 9.78 Å². The Bertz CT molecular complexity index is 415. The predicted molar refractivity (Wildman–Crippen MR) is 60.8 cm³/mol. The molecule has 1 fully saturated rings. The number of aliphatic carboxylic acids is 1. The van der Waals surface area contributed by atoms with Gasteiger partial charge in [-0.3, -0.25) is 9.89 Å². The van der Waals surface area contributed by atoms with E-state index in [2.05, 4.69) is 20.5 Å². The quantitative estimate of drug-likeness (QED) is 0.639. The van der Waals surface area contributed by atoms with Crippen molar-refractivity contribution >= 4 is 12.0 Å². The maximum atomic E-state index is 11.8. The Labute approximate surface area is 103 Å². The Morgan fingerprint density at radius 2 is 2.33 bits per heavy atom. The lowest BCUT2D eigenvalue weighted by Gasteiger charge is -2.20. The van der Waals surface area contributed by atoms with Gasteiger partial charge < -0.3 is 15.3 Å². The summed E-state index contributed by atoms with van der Waals surface area (Å²) in [6.07, 6.45) is 3.70. The van der Waals surface area contributed by atoms with E-state index >= 15 is 0 Å². The van der Waals surface area contributed by atoms with Crippen LogP contribution in [0.25, 0.3) is 0 Å². The topological polar surface area (TPSA) is 111 Å². The van der Waals surface area contributed by atoms with Crippen molar-refractivity contribution in [2.75, 3.05) is 13.1 Å². The Morgan fingerprint density at radius 1 is 1.56 bits per heavy atom. The van der Waals surface area contributed by atoms with Gasteiger partial charge in [0.2, 0.25) is 0 Å². The van der Waals surface area contributed by atoms with Crippen LogP contribution in [0.1, 0.15) is 18.7 Å². The zero-order valence-electron chi connectivity index (χ0n) is 9.80. The van der Waals surface area contributed by atoms with Gasteiger partial charge in [-0.15, -0.1) is 0 Å². The molecular weight excluding hydrogens is 238 g/mol. The number of nitrogens with one attached hydrogen (secondary N) is 2. The lowest BCUT2D eigenvalue weighted by atomic mass is 10.4. The molecule has 1 aromatic heterocycles. The zero-order valence-corrected chi connectivity index (χ0v) is 9.80. The van der Waals surface area contributed by atoms with E-state index in [-0.39, 0.29) is 18.6 Å². The molecule has 0 bridgehead atoms. The standard InChI is InChI=1S/C10H15N5O3/c16-9(17)5-15(7-1-2-7)10(18)11-4-3-8-12-6-13-14-8/h6-7H,1-5H2,(H,11,18)(H,16,17)(H,12,13,14). The first-order valence-corrected chi connectivity index (χ1v) is 5.77. The van der Waals surface area contributed by atoms with E-state index in [1.165, 1.54) is 11.2 Å². The van der Waals surface area contributed by atoms with Crippen LogP contribution in [-0.2, 0) is 11.2 Å². The summed E-state index contributed by atoms with van der Waals surface area (Å²) in [4.78, 5) is 27.7. The Balaban J connectivity index is 1.76. The molecule has 1 saturated carbocycles. The van der Waals surface area contributed by atoms with Crippen molar-refractivity contribution in [1.82, 2.24) is 25.4 Å². The number of aromatic amines is 1. The number of amides is 2. The normalized spacial score (nSPS) is 14.2. The highest BCUT2D eigenvalue weighted by molar-refractivity contribution is 5.80. The molecule has 1 aliphatic rings. The Hall–Kier alpha value is -2.12. The molecule has 1 aromatic rings. The number of carbonyl (C=O) groups is 2. The SMILES string of the molecule is O=C(O)CN(C(=O)NCCc1ncn[nH]1)C1CC1. The van der Waals surface area contributed by atoms with Gasteiger partial charge in [-0.1, -0.05) is 0 Å². The van der Waals surface area contributed by atoms with Crippen LogP contribution in [0.4, 0.5) is 4.79 Å². The minimum atomic E-state index is -0.993. The summed E-state index contributed by atoms with van der Waals surface area (Å²) in [6, 6.07) is -0.259. The van der Waals surface area contributed by atoms with Crippen molar-refractivity contribution in [2.45, 2.75) is 25.3 Å². The molecule has 98 valence electrons. The number of carboxylic acids is 1. The van der Waals surface area contributed by atoms with E-state index in [0.29, 0.717) is 18.8 Å². The van der Waals surface area contributed by atoms with Gasteiger partial charge >= 0.3 is 12.0 Å². The molecular formula is C10H15N5O3. The molecule has 8 nitrogen and oxygen atoms in total. The minimum Gasteiger partial charge on any atom is -0.480 e. The molecule has 1 heterocycles. The predicted octanol–water partition coefficient (Wildman–Crippen LogP) is -0.394. The van der Waals surface area contributed by atoms with Crippen LogP contribution >= 0.6 is 0 Å². The molecule has 3 N–H and O–H groups in total. The van der Waals surface area contributed by atoms with Gasteiger partial charge in [-0.05, 0) is 12.8 Å². The summed E-state index contributed by atoms with van der Waals surface area (Å²) in [7, 11) is 0. The molecule has 0 aliphatic heterocycles. The maximum absolute atomic E-state index is 11.8. The van der Waals surface area contributed by atoms with Crippen molar-refractivity contribution in [2.24, 2.45) is 0 Å². The molecule has 0 saturated heterocycles. The fourth-order valence-electron chi connectivity index (χ4n) is 1.64. The number of carboxylic acid groups (broad SMARTS) is 1. The first-order chi connectivity index (χ1) is 8.66. The maximum Gasteiger partial charge on any atom is 0.323 e. The van der Waals surface area contributed by atoms with Crippen molar-refractivity contribution in [1.29, 1.82) is 0 Å². The largest absolute Gasteiger partial charge is 0.480 e. The highest BCUT2D eigenvalue weighted by Crippen LogP contribution is 2.26. The summed E-state index contributed by atoms with van der Waals surface area (Å²) in [6.45, 7) is 0.148. The Morgan fingerprint density at radius 3 is 2.89 bits per heavy atom. The second-order valence-corrected chi connectivity index (χ2v) is 4.17. The number of H-pyrrole nitrogens is 1. The number of hydrogen-bond donors (Lipinski definition) is 3. The van der Waals surface area contributed by atoms with Crippen LogP contribution in [-0.4, -0.2) is 56.3 Å². The number of aromatic nitrogens is 3. The van der Waals surface area contributed by atoms with Crippen LogP contribution < -0.4 is 5.32 Å². The number of nitrogens with zero attached hydrogens (tertiary/aromatic N) is 3. The van der Waals surface area contributed by atoms with Gasteiger partial charge in [-0.2, -0.15) is 5.10 Å². The van der Waals surface area contributed by atoms with Crippen LogP contribution in [0.3, 0.4) is 0 Å². The molecule has 0 unspecified atom stereocenters. The van der Waals surface area contributed by atoms with E-state index in [4.69, 9.17) is 5.11 Å². The van der Waals surface area contributed by atoms with Crippen LogP contribution in [0.5, 0.6) is 0 Å². The van der Waals surface area contributed by atoms with E-state index in [0.717, 1.165) is 12.8 Å². The zero-order chi connectivity index (χ0) is 13.0. The summed E-state index contributed by atoms with van der Waals surface area (Å²) in [5.74, 6) is -0.307. The van der Waals surface area contributed by atoms with Crippen molar-refractivity contribution in [3.05, 3.63) is 12.2 Å². The molecule has 0 radical (unpaired) electrons. The van der Waals surface area contributed by atoms with Crippen LogP contribution in [0.15, 0.2) is 6.33 Å². The molecule has 0 aromatic carbocycles. The van der Waals surface area contributed by atoms with E-state index in [1.807, 2.05) is 0 Å². The third-order valence-electron chi connectivity index (χ3n) is 2.66. The van der Waals surface area contributed by atoms with E-state index in [9.17, 15) is 9.59 Å². The fourth-order valence-corrected chi connectivity index (χ4v) is 1.64. The molecule has 1 aliphatic carbocycles.